The van der Waals surface area contributed by atoms with Crippen molar-refractivity contribution in [2.45, 2.75) is 23.8 Å². The lowest BCUT2D eigenvalue weighted by atomic mass is 9.84. The molecule has 0 unspecified atom stereocenters. The summed E-state index contributed by atoms with van der Waals surface area (Å²) >= 11 is 1.70. The van der Waals surface area contributed by atoms with E-state index in [0.29, 0.717) is 12.0 Å². The predicted molar refractivity (Wildman–Crippen MR) is 85.9 cm³/mol. The van der Waals surface area contributed by atoms with Gasteiger partial charge in [0, 0.05) is 23.0 Å². The smallest absolute Gasteiger partial charge is 0.251 e. The zero-order valence-electron chi connectivity index (χ0n) is 11.7. The second-order valence-corrected chi connectivity index (χ2v) is 6.33. The molecular weight excluding hydrogens is 292 g/mol. The van der Waals surface area contributed by atoms with Crippen molar-refractivity contribution < 1.29 is 4.79 Å². The van der Waals surface area contributed by atoms with Gasteiger partial charge in [-0.3, -0.25) is 4.79 Å². The van der Waals surface area contributed by atoms with Gasteiger partial charge in [-0.15, -0.1) is 24.2 Å². The molecule has 0 spiro atoms. The fraction of sp³-hybridized carbons (Fsp3) is 0.533. The molecule has 3 saturated heterocycles. The van der Waals surface area contributed by atoms with Gasteiger partial charge in [0.1, 0.15) is 0 Å². The highest BCUT2D eigenvalue weighted by atomic mass is 35.5. The zero-order valence-corrected chi connectivity index (χ0v) is 13.3. The van der Waals surface area contributed by atoms with E-state index < -0.39 is 0 Å². The lowest BCUT2D eigenvalue weighted by Gasteiger charge is -2.44. The van der Waals surface area contributed by atoms with Gasteiger partial charge in [-0.25, -0.2) is 0 Å². The summed E-state index contributed by atoms with van der Waals surface area (Å²) in [6.07, 6.45) is 4.51. The molecule has 110 valence electrons. The summed E-state index contributed by atoms with van der Waals surface area (Å²) in [7, 11) is 0. The highest BCUT2D eigenvalue weighted by Crippen LogP contribution is 2.27. The van der Waals surface area contributed by atoms with Crippen molar-refractivity contribution in [1.29, 1.82) is 0 Å². The molecule has 5 heteroatoms. The summed E-state index contributed by atoms with van der Waals surface area (Å²) in [6.45, 7) is 3.44. The second kappa shape index (κ2) is 6.83. The van der Waals surface area contributed by atoms with Crippen molar-refractivity contribution in [2.75, 3.05) is 25.9 Å². The molecule has 0 saturated carbocycles. The molecule has 3 nitrogen and oxygen atoms in total. The molecule has 1 aromatic carbocycles. The number of nitrogens with one attached hydrogen (secondary N) is 1. The monoisotopic (exact) mass is 312 g/mol. The number of thioether (sulfide) groups is 1. The summed E-state index contributed by atoms with van der Waals surface area (Å²) in [5.74, 6) is 0.755. The number of fused-ring (bicyclic) bond motifs is 3. The fourth-order valence-corrected chi connectivity index (χ4v) is 3.53. The summed E-state index contributed by atoms with van der Waals surface area (Å²) in [6, 6.07) is 8.20. The Morgan fingerprint density at radius 1 is 1.25 bits per heavy atom. The minimum atomic E-state index is 0. The van der Waals surface area contributed by atoms with Gasteiger partial charge in [0.05, 0.1) is 0 Å². The van der Waals surface area contributed by atoms with Gasteiger partial charge in [-0.1, -0.05) is 0 Å². The SMILES string of the molecule is CSc1ccc(C(=O)N[C@H]2CN3CCC2CC3)cc1.Cl. The van der Waals surface area contributed by atoms with Crippen LogP contribution in [0.3, 0.4) is 0 Å². The molecule has 0 aromatic heterocycles. The number of carbonyl (C=O) groups is 1. The minimum Gasteiger partial charge on any atom is -0.348 e. The summed E-state index contributed by atoms with van der Waals surface area (Å²) in [5.41, 5.74) is 0.772. The molecule has 1 amide bonds. The number of hydrogen-bond acceptors (Lipinski definition) is 3. The first-order valence-corrected chi connectivity index (χ1v) is 8.16. The molecule has 1 atom stereocenters. The molecule has 3 fully saturated rings. The van der Waals surface area contributed by atoms with Crippen LogP contribution in [-0.4, -0.2) is 42.7 Å². The van der Waals surface area contributed by atoms with Crippen molar-refractivity contribution in [1.82, 2.24) is 10.2 Å². The molecule has 0 radical (unpaired) electrons. The Balaban J connectivity index is 0.00000147. The van der Waals surface area contributed by atoms with E-state index in [0.717, 1.165) is 12.1 Å². The van der Waals surface area contributed by atoms with Gasteiger partial charge < -0.3 is 10.2 Å². The molecule has 3 heterocycles. The van der Waals surface area contributed by atoms with Crippen LogP contribution in [0, 0.1) is 5.92 Å². The van der Waals surface area contributed by atoms with Crippen LogP contribution in [0.15, 0.2) is 29.2 Å². The predicted octanol–water partition coefficient (Wildman–Crippen LogP) is 2.65. The van der Waals surface area contributed by atoms with Gasteiger partial charge in [-0.05, 0) is 62.4 Å². The average molecular weight is 313 g/mol. The van der Waals surface area contributed by atoms with Gasteiger partial charge in [0.25, 0.3) is 5.91 Å². The van der Waals surface area contributed by atoms with Crippen LogP contribution in [0.2, 0.25) is 0 Å². The van der Waals surface area contributed by atoms with E-state index >= 15 is 0 Å². The number of halogens is 1. The van der Waals surface area contributed by atoms with E-state index in [-0.39, 0.29) is 18.3 Å². The normalized spacial score (nSPS) is 27.8. The highest BCUT2D eigenvalue weighted by Gasteiger charge is 2.34. The molecule has 4 rings (SSSR count). The Morgan fingerprint density at radius 3 is 2.40 bits per heavy atom. The summed E-state index contributed by atoms with van der Waals surface area (Å²) in [4.78, 5) is 15.9. The van der Waals surface area contributed by atoms with Crippen molar-refractivity contribution in [3.63, 3.8) is 0 Å². The second-order valence-electron chi connectivity index (χ2n) is 5.45. The van der Waals surface area contributed by atoms with Gasteiger partial charge in [-0.2, -0.15) is 0 Å². The zero-order chi connectivity index (χ0) is 13.2. The topological polar surface area (TPSA) is 32.3 Å². The minimum absolute atomic E-state index is 0. The molecule has 3 aliphatic rings. The molecule has 20 heavy (non-hydrogen) atoms. The fourth-order valence-electron chi connectivity index (χ4n) is 3.12. The van der Waals surface area contributed by atoms with Gasteiger partial charge in [0.2, 0.25) is 0 Å². The maximum atomic E-state index is 12.3. The Bertz CT molecular complexity index is 457. The number of carbonyl (C=O) groups excluding carboxylic acids is 1. The maximum Gasteiger partial charge on any atom is 0.251 e. The third-order valence-corrected chi connectivity index (χ3v) is 5.07. The van der Waals surface area contributed by atoms with Crippen LogP contribution in [0.25, 0.3) is 0 Å². The van der Waals surface area contributed by atoms with E-state index in [1.54, 1.807) is 11.8 Å². The first-order chi connectivity index (χ1) is 9.26. The quantitative estimate of drug-likeness (QED) is 0.871. The van der Waals surface area contributed by atoms with Crippen LogP contribution >= 0.6 is 24.2 Å². The van der Waals surface area contributed by atoms with E-state index in [4.69, 9.17) is 0 Å². The number of benzene rings is 1. The third-order valence-electron chi connectivity index (χ3n) is 4.32. The lowest BCUT2D eigenvalue weighted by molar-refractivity contribution is 0.0620. The Morgan fingerprint density at radius 2 is 1.90 bits per heavy atom. The Kier molecular flexibility index (Phi) is 5.35. The van der Waals surface area contributed by atoms with E-state index in [2.05, 4.69) is 10.2 Å². The molecule has 1 N–H and O–H groups in total. The molecule has 1 aromatic rings. The summed E-state index contributed by atoms with van der Waals surface area (Å²) < 4.78 is 0. The van der Waals surface area contributed by atoms with Crippen molar-refractivity contribution in [3.8, 4) is 0 Å². The van der Waals surface area contributed by atoms with Crippen LogP contribution < -0.4 is 5.32 Å². The van der Waals surface area contributed by atoms with Crippen molar-refractivity contribution >= 4 is 30.1 Å². The van der Waals surface area contributed by atoms with E-state index in [9.17, 15) is 4.79 Å². The van der Waals surface area contributed by atoms with Crippen LogP contribution in [0.5, 0.6) is 0 Å². The van der Waals surface area contributed by atoms with Crippen molar-refractivity contribution in [2.24, 2.45) is 5.92 Å². The highest BCUT2D eigenvalue weighted by molar-refractivity contribution is 7.98. The first-order valence-electron chi connectivity index (χ1n) is 6.93. The third kappa shape index (κ3) is 3.30. The van der Waals surface area contributed by atoms with Gasteiger partial charge in [0.15, 0.2) is 0 Å². The molecular formula is C15H21ClN2OS. The molecule has 0 aliphatic carbocycles. The Labute approximate surface area is 130 Å². The van der Waals surface area contributed by atoms with E-state index in [1.807, 2.05) is 30.5 Å². The maximum absolute atomic E-state index is 12.3. The Hall–Kier alpha value is -0.710. The lowest BCUT2D eigenvalue weighted by Crippen LogP contribution is -2.57. The number of nitrogens with zero attached hydrogens (tertiary/aromatic N) is 1. The molecule has 3 aliphatic heterocycles. The largest absolute Gasteiger partial charge is 0.348 e. The average Bonchev–Trinajstić information content (AvgIpc) is 2.48. The number of hydrogen-bond donors (Lipinski definition) is 1. The number of amides is 1. The summed E-state index contributed by atoms with van der Waals surface area (Å²) in [5, 5.41) is 3.22. The first kappa shape index (κ1) is 15.7. The van der Waals surface area contributed by atoms with Crippen LogP contribution in [0.4, 0.5) is 0 Å². The van der Waals surface area contributed by atoms with Crippen LogP contribution in [0.1, 0.15) is 23.2 Å². The molecule has 2 bridgehead atoms. The van der Waals surface area contributed by atoms with Crippen LogP contribution in [-0.2, 0) is 0 Å². The van der Waals surface area contributed by atoms with E-state index in [1.165, 1.54) is 30.8 Å². The van der Waals surface area contributed by atoms with Crippen molar-refractivity contribution in [3.05, 3.63) is 29.8 Å². The standard InChI is InChI=1S/C15H20N2OS.ClH/c1-19-13-4-2-12(3-5-13)15(18)16-14-10-17-8-6-11(14)7-9-17;/h2-5,11,14H,6-10H2,1H3,(H,16,18);1H/t14-;/m0./s1. The van der Waals surface area contributed by atoms with Gasteiger partial charge >= 0.3 is 0 Å². The number of rotatable bonds is 3. The number of piperidine rings is 3.